The van der Waals surface area contributed by atoms with Crippen LogP contribution < -0.4 is 9.62 Å². The van der Waals surface area contributed by atoms with Crippen molar-refractivity contribution in [2.24, 2.45) is 0 Å². The zero-order valence-corrected chi connectivity index (χ0v) is 24.2. The van der Waals surface area contributed by atoms with Crippen LogP contribution in [-0.4, -0.2) is 50.5 Å². The minimum absolute atomic E-state index is 0.0889. The summed E-state index contributed by atoms with van der Waals surface area (Å²) in [5, 5.41) is 2.94. The standard InChI is InChI=1S/C29H43N3O4S/c1-8-10-18-30-28(34)26(9-2)31(20-23-13-11-12-22(3)19-23)27(33)21-32(37(7,35)36)25-16-14-24(15-17-25)29(4,5)6/h11-17,19,26H,8-10,18,20-21H2,1-7H3,(H,30,34)/t26-/m1/s1. The maximum Gasteiger partial charge on any atom is 0.244 e. The molecule has 0 heterocycles. The Morgan fingerprint density at radius 3 is 2.19 bits per heavy atom. The summed E-state index contributed by atoms with van der Waals surface area (Å²) in [5.74, 6) is -0.651. The molecule has 2 rings (SSSR count). The Morgan fingerprint density at radius 1 is 1.03 bits per heavy atom. The Hall–Kier alpha value is -2.87. The number of carbonyl (C=O) groups excluding carboxylic acids is 2. The van der Waals surface area contributed by atoms with Crippen LogP contribution in [0.25, 0.3) is 0 Å². The lowest BCUT2D eigenvalue weighted by Crippen LogP contribution is -2.52. The van der Waals surface area contributed by atoms with Crippen molar-refractivity contribution in [1.29, 1.82) is 0 Å². The number of aryl methyl sites for hydroxylation is 1. The summed E-state index contributed by atoms with van der Waals surface area (Å²) in [6.07, 6.45) is 3.30. The van der Waals surface area contributed by atoms with Crippen molar-refractivity contribution in [3.05, 3.63) is 65.2 Å². The first-order valence-corrected chi connectivity index (χ1v) is 14.8. The predicted molar refractivity (Wildman–Crippen MR) is 151 cm³/mol. The smallest absolute Gasteiger partial charge is 0.244 e. The lowest BCUT2D eigenvalue weighted by molar-refractivity contribution is -0.140. The zero-order chi connectivity index (χ0) is 27.8. The molecule has 0 aromatic heterocycles. The Bertz CT molecular complexity index is 1150. The highest BCUT2D eigenvalue weighted by Gasteiger charge is 2.31. The van der Waals surface area contributed by atoms with Crippen LogP contribution in [0.3, 0.4) is 0 Å². The van der Waals surface area contributed by atoms with Gasteiger partial charge in [-0.05, 0) is 48.4 Å². The summed E-state index contributed by atoms with van der Waals surface area (Å²) in [6, 6.07) is 14.3. The van der Waals surface area contributed by atoms with E-state index in [2.05, 4.69) is 26.1 Å². The summed E-state index contributed by atoms with van der Waals surface area (Å²) in [5.41, 5.74) is 3.32. The number of hydrogen-bond donors (Lipinski definition) is 1. The summed E-state index contributed by atoms with van der Waals surface area (Å²) < 4.78 is 26.7. The Morgan fingerprint density at radius 2 is 1.68 bits per heavy atom. The van der Waals surface area contributed by atoms with E-state index in [1.807, 2.05) is 57.2 Å². The van der Waals surface area contributed by atoms with Crippen molar-refractivity contribution < 1.29 is 18.0 Å². The molecule has 1 atom stereocenters. The third-order valence-electron chi connectivity index (χ3n) is 6.35. The maximum absolute atomic E-state index is 13.8. The van der Waals surface area contributed by atoms with Gasteiger partial charge in [0.15, 0.2) is 0 Å². The van der Waals surface area contributed by atoms with Gasteiger partial charge in [0, 0.05) is 13.1 Å². The second kappa shape index (κ2) is 13.1. The Labute approximate surface area is 223 Å². The van der Waals surface area contributed by atoms with Gasteiger partial charge in [0.1, 0.15) is 12.6 Å². The molecule has 0 aliphatic carbocycles. The van der Waals surface area contributed by atoms with E-state index in [0.29, 0.717) is 18.7 Å². The number of amides is 2. The highest BCUT2D eigenvalue weighted by molar-refractivity contribution is 7.92. The fraction of sp³-hybridized carbons (Fsp3) is 0.517. The minimum atomic E-state index is -3.76. The van der Waals surface area contributed by atoms with Gasteiger partial charge >= 0.3 is 0 Å². The van der Waals surface area contributed by atoms with Crippen molar-refractivity contribution in [2.75, 3.05) is 23.7 Å². The number of unbranched alkanes of at least 4 members (excludes halogenated alkanes) is 1. The van der Waals surface area contributed by atoms with Crippen molar-refractivity contribution in [1.82, 2.24) is 10.2 Å². The van der Waals surface area contributed by atoms with Gasteiger partial charge in [-0.1, -0.05) is 83.0 Å². The molecule has 0 spiro atoms. The van der Waals surface area contributed by atoms with Crippen molar-refractivity contribution >= 4 is 27.5 Å². The topological polar surface area (TPSA) is 86.8 Å². The molecule has 8 heteroatoms. The van der Waals surface area contributed by atoms with E-state index in [-0.39, 0.29) is 17.9 Å². The molecule has 0 saturated carbocycles. The number of hydrogen-bond acceptors (Lipinski definition) is 4. The molecular formula is C29H43N3O4S. The van der Waals surface area contributed by atoms with E-state index in [1.54, 1.807) is 12.1 Å². The highest BCUT2D eigenvalue weighted by atomic mass is 32.2. The molecule has 2 aromatic carbocycles. The van der Waals surface area contributed by atoms with Crippen LogP contribution in [0, 0.1) is 6.92 Å². The molecule has 7 nitrogen and oxygen atoms in total. The van der Waals surface area contributed by atoms with E-state index in [1.165, 1.54) is 4.90 Å². The van der Waals surface area contributed by atoms with Gasteiger partial charge in [-0.2, -0.15) is 0 Å². The van der Waals surface area contributed by atoms with Crippen LogP contribution in [0.1, 0.15) is 70.6 Å². The van der Waals surface area contributed by atoms with E-state index in [9.17, 15) is 18.0 Å². The quantitative estimate of drug-likeness (QED) is 0.401. The molecule has 0 bridgehead atoms. The van der Waals surface area contributed by atoms with E-state index >= 15 is 0 Å². The summed E-state index contributed by atoms with van der Waals surface area (Å²) in [4.78, 5) is 28.4. The first-order valence-electron chi connectivity index (χ1n) is 13.0. The highest BCUT2D eigenvalue weighted by Crippen LogP contribution is 2.26. The number of carbonyl (C=O) groups is 2. The van der Waals surface area contributed by atoms with Gasteiger partial charge in [-0.15, -0.1) is 0 Å². The summed E-state index contributed by atoms with van der Waals surface area (Å²) in [7, 11) is -3.76. The SMILES string of the molecule is CCCCNC(=O)[C@@H](CC)N(Cc1cccc(C)c1)C(=O)CN(c1ccc(C(C)(C)C)cc1)S(C)(=O)=O. The molecule has 0 aliphatic rings. The average molecular weight is 530 g/mol. The number of nitrogens with one attached hydrogen (secondary N) is 1. The molecule has 37 heavy (non-hydrogen) atoms. The van der Waals surface area contributed by atoms with Gasteiger partial charge in [-0.25, -0.2) is 8.42 Å². The molecule has 0 radical (unpaired) electrons. The second-order valence-electron chi connectivity index (χ2n) is 10.6. The average Bonchev–Trinajstić information content (AvgIpc) is 2.81. The zero-order valence-electron chi connectivity index (χ0n) is 23.4. The summed E-state index contributed by atoms with van der Waals surface area (Å²) >= 11 is 0. The monoisotopic (exact) mass is 529 g/mol. The van der Waals surface area contributed by atoms with Gasteiger partial charge < -0.3 is 10.2 Å². The number of benzene rings is 2. The van der Waals surface area contributed by atoms with Crippen LogP contribution in [0.4, 0.5) is 5.69 Å². The Balaban J connectivity index is 2.42. The van der Waals surface area contributed by atoms with Crippen molar-refractivity contribution in [2.45, 2.75) is 78.8 Å². The van der Waals surface area contributed by atoms with Crippen LogP contribution in [0.5, 0.6) is 0 Å². The van der Waals surface area contributed by atoms with Crippen LogP contribution >= 0.6 is 0 Å². The number of sulfonamides is 1. The summed E-state index contributed by atoms with van der Waals surface area (Å²) in [6.45, 7) is 12.5. The van der Waals surface area contributed by atoms with Crippen LogP contribution in [0.2, 0.25) is 0 Å². The lowest BCUT2D eigenvalue weighted by atomic mass is 9.87. The lowest BCUT2D eigenvalue weighted by Gasteiger charge is -2.33. The van der Waals surface area contributed by atoms with E-state index in [0.717, 1.165) is 40.1 Å². The van der Waals surface area contributed by atoms with Crippen molar-refractivity contribution in [3.63, 3.8) is 0 Å². The van der Waals surface area contributed by atoms with Crippen LogP contribution in [-0.2, 0) is 31.6 Å². The predicted octanol–water partition coefficient (Wildman–Crippen LogP) is 4.78. The van der Waals surface area contributed by atoms with Gasteiger partial charge in [0.05, 0.1) is 11.9 Å². The second-order valence-corrected chi connectivity index (χ2v) is 12.6. The molecule has 2 aromatic rings. The Kier molecular flexibility index (Phi) is 10.7. The largest absolute Gasteiger partial charge is 0.354 e. The molecule has 1 N–H and O–H groups in total. The third kappa shape index (κ3) is 8.88. The number of anilines is 1. The van der Waals surface area contributed by atoms with Gasteiger partial charge in [-0.3, -0.25) is 13.9 Å². The van der Waals surface area contributed by atoms with Gasteiger partial charge in [0.2, 0.25) is 21.8 Å². The maximum atomic E-state index is 13.8. The normalized spacial score (nSPS) is 12.6. The number of rotatable bonds is 12. The molecule has 0 aliphatic heterocycles. The molecule has 0 saturated heterocycles. The molecule has 0 unspecified atom stereocenters. The fourth-order valence-corrected chi connectivity index (χ4v) is 5.02. The van der Waals surface area contributed by atoms with Crippen molar-refractivity contribution in [3.8, 4) is 0 Å². The van der Waals surface area contributed by atoms with Crippen LogP contribution in [0.15, 0.2) is 48.5 Å². The van der Waals surface area contributed by atoms with E-state index in [4.69, 9.17) is 0 Å². The van der Waals surface area contributed by atoms with Gasteiger partial charge in [0.25, 0.3) is 0 Å². The minimum Gasteiger partial charge on any atom is -0.354 e. The molecule has 204 valence electrons. The first kappa shape index (κ1) is 30.4. The van der Waals surface area contributed by atoms with E-state index < -0.39 is 28.5 Å². The molecule has 2 amide bonds. The first-order chi connectivity index (χ1) is 17.3. The third-order valence-corrected chi connectivity index (χ3v) is 7.49. The molecule has 0 fully saturated rings. The molecular weight excluding hydrogens is 486 g/mol. The fourth-order valence-electron chi connectivity index (χ4n) is 4.17. The number of nitrogens with zero attached hydrogens (tertiary/aromatic N) is 2.